The van der Waals surface area contributed by atoms with E-state index >= 15 is 0 Å². The van der Waals surface area contributed by atoms with Crippen molar-refractivity contribution in [2.24, 2.45) is 5.92 Å². The number of benzene rings is 2. The molecule has 0 unspecified atom stereocenters. The standard InChI is InChI=1S/C25H31NO3.ClH/c27-25(28)21-8-5-14-26(18-21)15-17-29-16-13-24-22-9-3-1-6-19(22)11-12-20-7-2-4-10-23(20)24;/h1-4,6-7,9-10,21,24H,5,8,11-18H2,(H,27,28);1H/t21-;/m1./s1. The first-order valence-electron chi connectivity index (χ1n) is 10.9. The van der Waals surface area contributed by atoms with Crippen LogP contribution in [-0.4, -0.2) is 48.8 Å². The number of fused-ring (bicyclic) bond motifs is 2. The van der Waals surface area contributed by atoms with E-state index in [1.54, 1.807) is 0 Å². The smallest absolute Gasteiger partial charge is 0.307 e. The second-order valence-electron chi connectivity index (χ2n) is 8.33. The monoisotopic (exact) mass is 429 g/mol. The Bertz CT molecular complexity index is 793. The lowest BCUT2D eigenvalue weighted by atomic mass is 9.86. The third kappa shape index (κ3) is 5.42. The van der Waals surface area contributed by atoms with E-state index in [0.29, 0.717) is 19.1 Å². The number of aliphatic carboxylic acids is 1. The van der Waals surface area contributed by atoms with E-state index in [2.05, 4.69) is 53.4 Å². The Hall–Kier alpha value is -1.88. The van der Waals surface area contributed by atoms with Crippen molar-refractivity contribution in [2.75, 3.05) is 32.8 Å². The summed E-state index contributed by atoms with van der Waals surface area (Å²) in [6.45, 7) is 3.85. The zero-order valence-electron chi connectivity index (χ0n) is 17.5. The summed E-state index contributed by atoms with van der Waals surface area (Å²) >= 11 is 0. The summed E-state index contributed by atoms with van der Waals surface area (Å²) in [5.74, 6) is -0.500. The van der Waals surface area contributed by atoms with Gasteiger partial charge in [-0.1, -0.05) is 48.5 Å². The molecule has 2 aliphatic rings. The van der Waals surface area contributed by atoms with Gasteiger partial charge < -0.3 is 14.7 Å². The molecule has 1 saturated heterocycles. The summed E-state index contributed by atoms with van der Waals surface area (Å²) in [5.41, 5.74) is 5.81. The molecule has 1 fully saturated rings. The van der Waals surface area contributed by atoms with Crippen molar-refractivity contribution in [2.45, 2.75) is 38.0 Å². The number of ether oxygens (including phenoxy) is 1. The van der Waals surface area contributed by atoms with Gasteiger partial charge in [0.1, 0.15) is 0 Å². The molecule has 0 bridgehead atoms. The second kappa shape index (κ2) is 10.9. The Kier molecular flexibility index (Phi) is 8.32. The van der Waals surface area contributed by atoms with Gasteiger partial charge in [-0.05, 0) is 60.9 Å². The zero-order valence-corrected chi connectivity index (χ0v) is 18.3. The van der Waals surface area contributed by atoms with E-state index in [9.17, 15) is 9.90 Å². The number of carboxylic acid groups (broad SMARTS) is 1. The van der Waals surface area contributed by atoms with E-state index in [4.69, 9.17) is 4.74 Å². The van der Waals surface area contributed by atoms with Gasteiger partial charge in [-0.2, -0.15) is 0 Å². The van der Waals surface area contributed by atoms with Gasteiger partial charge in [0.15, 0.2) is 0 Å². The van der Waals surface area contributed by atoms with Crippen molar-refractivity contribution < 1.29 is 14.6 Å². The third-order valence-electron chi connectivity index (χ3n) is 6.48. The van der Waals surface area contributed by atoms with Gasteiger partial charge in [0.2, 0.25) is 0 Å². The number of aryl methyl sites for hydroxylation is 2. The Balaban J connectivity index is 0.00000256. The number of likely N-dealkylation sites (tertiary alicyclic amines) is 1. The highest BCUT2D eigenvalue weighted by molar-refractivity contribution is 5.85. The first-order valence-corrected chi connectivity index (χ1v) is 10.9. The minimum absolute atomic E-state index is 0. The number of rotatable bonds is 7. The maximum Gasteiger partial charge on any atom is 0.307 e. The number of halogens is 1. The summed E-state index contributed by atoms with van der Waals surface area (Å²) in [7, 11) is 0. The van der Waals surface area contributed by atoms with E-state index in [1.807, 2.05) is 0 Å². The average Bonchev–Trinajstić information content (AvgIpc) is 2.91. The molecule has 4 rings (SSSR count). The molecule has 162 valence electrons. The van der Waals surface area contributed by atoms with Crippen molar-refractivity contribution in [3.8, 4) is 0 Å². The fourth-order valence-corrected chi connectivity index (χ4v) is 4.91. The van der Waals surface area contributed by atoms with Crippen LogP contribution in [0.15, 0.2) is 48.5 Å². The molecule has 4 nitrogen and oxygen atoms in total. The van der Waals surface area contributed by atoms with Crippen LogP contribution in [0.4, 0.5) is 0 Å². The largest absolute Gasteiger partial charge is 0.481 e. The van der Waals surface area contributed by atoms with Gasteiger partial charge in [-0.3, -0.25) is 4.79 Å². The van der Waals surface area contributed by atoms with Crippen LogP contribution < -0.4 is 0 Å². The normalized spacial score (nSPS) is 19.3. The Labute approximate surface area is 185 Å². The summed E-state index contributed by atoms with van der Waals surface area (Å²) in [6.07, 6.45) is 4.94. The molecule has 0 saturated carbocycles. The highest BCUT2D eigenvalue weighted by Gasteiger charge is 2.25. The molecule has 2 aromatic rings. The van der Waals surface area contributed by atoms with E-state index in [0.717, 1.165) is 51.8 Å². The highest BCUT2D eigenvalue weighted by Crippen LogP contribution is 2.36. The van der Waals surface area contributed by atoms with Gasteiger partial charge in [-0.25, -0.2) is 0 Å². The van der Waals surface area contributed by atoms with Crippen LogP contribution in [0.3, 0.4) is 0 Å². The maximum atomic E-state index is 11.2. The molecule has 0 aromatic heterocycles. The quantitative estimate of drug-likeness (QED) is 0.656. The minimum atomic E-state index is -0.665. The van der Waals surface area contributed by atoms with Crippen LogP contribution in [-0.2, 0) is 22.4 Å². The number of carboxylic acids is 1. The second-order valence-corrected chi connectivity index (χ2v) is 8.33. The van der Waals surface area contributed by atoms with Gasteiger partial charge >= 0.3 is 5.97 Å². The average molecular weight is 430 g/mol. The van der Waals surface area contributed by atoms with Crippen LogP contribution in [0.25, 0.3) is 0 Å². The summed E-state index contributed by atoms with van der Waals surface area (Å²) < 4.78 is 6.02. The van der Waals surface area contributed by atoms with Crippen molar-refractivity contribution in [3.05, 3.63) is 70.8 Å². The number of carbonyl (C=O) groups is 1. The molecular formula is C25H32ClNO3. The Morgan fingerprint density at radius 3 is 2.27 bits per heavy atom. The van der Waals surface area contributed by atoms with Crippen LogP contribution in [0.2, 0.25) is 0 Å². The molecule has 2 aromatic carbocycles. The minimum Gasteiger partial charge on any atom is -0.481 e. The molecule has 30 heavy (non-hydrogen) atoms. The molecule has 1 aliphatic heterocycles. The highest BCUT2D eigenvalue weighted by atomic mass is 35.5. The van der Waals surface area contributed by atoms with Crippen LogP contribution in [0.5, 0.6) is 0 Å². The summed E-state index contributed by atoms with van der Waals surface area (Å²) in [6, 6.07) is 17.7. The van der Waals surface area contributed by atoms with Crippen molar-refractivity contribution in [1.29, 1.82) is 0 Å². The number of hydrogen-bond donors (Lipinski definition) is 1. The number of piperidine rings is 1. The molecule has 0 radical (unpaired) electrons. The van der Waals surface area contributed by atoms with E-state index in [-0.39, 0.29) is 18.3 Å². The molecule has 0 spiro atoms. The molecule has 1 heterocycles. The van der Waals surface area contributed by atoms with Crippen LogP contribution >= 0.6 is 12.4 Å². The van der Waals surface area contributed by atoms with Gasteiger partial charge in [-0.15, -0.1) is 12.4 Å². The SMILES string of the molecule is Cl.O=C(O)[C@@H]1CCCN(CCOCCC2c3ccccc3CCc3ccccc32)C1. The molecule has 0 amide bonds. The van der Waals surface area contributed by atoms with Crippen LogP contribution in [0.1, 0.15) is 47.4 Å². The fourth-order valence-electron chi connectivity index (χ4n) is 4.91. The molecule has 1 atom stereocenters. The van der Waals surface area contributed by atoms with Crippen molar-refractivity contribution in [1.82, 2.24) is 4.90 Å². The summed E-state index contributed by atoms with van der Waals surface area (Å²) in [5, 5.41) is 9.24. The Morgan fingerprint density at radius 2 is 1.63 bits per heavy atom. The molecule has 1 aliphatic carbocycles. The third-order valence-corrected chi connectivity index (χ3v) is 6.48. The maximum absolute atomic E-state index is 11.2. The van der Waals surface area contributed by atoms with Gasteiger partial charge in [0, 0.05) is 25.6 Å². The lowest BCUT2D eigenvalue weighted by molar-refractivity contribution is -0.143. The lowest BCUT2D eigenvalue weighted by Crippen LogP contribution is -2.40. The molecule has 1 N–H and O–H groups in total. The number of nitrogens with zero attached hydrogens (tertiary/aromatic N) is 1. The topological polar surface area (TPSA) is 49.8 Å². The predicted octanol–water partition coefficient (Wildman–Crippen LogP) is 4.54. The number of hydrogen-bond acceptors (Lipinski definition) is 3. The molecule has 5 heteroatoms. The van der Waals surface area contributed by atoms with Crippen molar-refractivity contribution >= 4 is 18.4 Å². The first kappa shape index (κ1) is 22.8. The van der Waals surface area contributed by atoms with Gasteiger partial charge in [0.05, 0.1) is 12.5 Å². The predicted molar refractivity (Wildman–Crippen MR) is 122 cm³/mol. The van der Waals surface area contributed by atoms with Crippen molar-refractivity contribution in [3.63, 3.8) is 0 Å². The summed E-state index contributed by atoms with van der Waals surface area (Å²) in [4.78, 5) is 13.5. The first-order chi connectivity index (χ1) is 14.2. The van der Waals surface area contributed by atoms with E-state index < -0.39 is 5.97 Å². The zero-order chi connectivity index (χ0) is 20.1. The Morgan fingerprint density at radius 1 is 1.00 bits per heavy atom. The molecular weight excluding hydrogens is 398 g/mol. The lowest BCUT2D eigenvalue weighted by Gasteiger charge is -2.30. The van der Waals surface area contributed by atoms with Crippen LogP contribution in [0, 0.1) is 5.92 Å². The van der Waals surface area contributed by atoms with E-state index in [1.165, 1.54) is 22.3 Å². The van der Waals surface area contributed by atoms with Gasteiger partial charge in [0.25, 0.3) is 0 Å². The fraction of sp³-hybridized carbons (Fsp3) is 0.480.